The Morgan fingerprint density at radius 1 is 0.920 bits per heavy atom. The highest BCUT2D eigenvalue weighted by molar-refractivity contribution is 5.73. The summed E-state index contributed by atoms with van der Waals surface area (Å²) in [6.07, 6.45) is 14.9. The first-order valence-corrected chi connectivity index (χ1v) is 10.3. The first-order chi connectivity index (χ1) is 12.0. The summed E-state index contributed by atoms with van der Waals surface area (Å²) < 4.78 is 0. The SMILES string of the molecule is CC(C)(CCCCCc1ccc(CCCCCC2CC2)cc1)C(=O)O. The Hall–Kier alpha value is -1.31. The van der Waals surface area contributed by atoms with E-state index in [2.05, 4.69) is 24.3 Å². The zero-order valence-corrected chi connectivity index (χ0v) is 16.2. The second-order valence-corrected chi connectivity index (χ2v) is 8.61. The average molecular weight is 345 g/mol. The minimum Gasteiger partial charge on any atom is -0.481 e. The third-order valence-corrected chi connectivity index (χ3v) is 5.64. The molecule has 1 aliphatic carbocycles. The number of rotatable bonds is 13. The van der Waals surface area contributed by atoms with Crippen molar-refractivity contribution in [3.63, 3.8) is 0 Å². The number of unbranched alkanes of at least 4 members (excludes halogenated alkanes) is 4. The van der Waals surface area contributed by atoms with Crippen LogP contribution in [0.4, 0.5) is 0 Å². The lowest BCUT2D eigenvalue weighted by Crippen LogP contribution is -2.23. The lowest BCUT2D eigenvalue weighted by molar-refractivity contribution is -0.147. The molecule has 1 saturated carbocycles. The third-order valence-electron chi connectivity index (χ3n) is 5.64. The van der Waals surface area contributed by atoms with Gasteiger partial charge in [-0.15, -0.1) is 0 Å². The van der Waals surface area contributed by atoms with Crippen LogP contribution in [-0.4, -0.2) is 11.1 Å². The summed E-state index contributed by atoms with van der Waals surface area (Å²) in [5, 5.41) is 9.12. The van der Waals surface area contributed by atoms with Crippen molar-refractivity contribution in [2.75, 3.05) is 0 Å². The van der Waals surface area contributed by atoms with Crippen LogP contribution in [0.2, 0.25) is 0 Å². The normalized spacial score (nSPS) is 14.6. The van der Waals surface area contributed by atoms with Gasteiger partial charge < -0.3 is 5.11 Å². The van der Waals surface area contributed by atoms with Gasteiger partial charge in [-0.25, -0.2) is 0 Å². The van der Waals surface area contributed by atoms with Crippen LogP contribution < -0.4 is 0 Å². The quantitative estimate of drug-likeness (QED) is 0.420. The molecule has 1 aliphatic rings. The van der Waals surface area contributed by atoms with E-state index in [-0.39, 0.29) is 0 Å². The van der Waals surface area contributed by atoms with E-state index in [4.69, 9.17) is 5.11 Å². The number of aryl methyl sites for hydroxylation is 2. The van der Waals surface area contributed by atoms with Crippen molar-refractivity contribution in [3.05, 3.63) is 35.4 Å². The van der Waals surface area contributed by atoms with Crippen molar-refractivity contribution in [2.45, 2.75) is 90.9 Å². The largest absolute Gasteiger partial charge is 0.481 e. The summed E-state index contributed by atoms with van der Waals surface area (Å²) >= 11 is 0. The monoisotopic (exact) mass is 344 g/mol. The van der Waals surface area contributed by atoms with E-state index in [0.717, 1.165) is 38.0 Å². The van der Waals surface area contributed by atoms with Crippen molar-refractivity contribution in [3.8, 4) is 0 Å². The first-order valence-electron chi connectivity index (χ1n) is 10.3. The molecule has 0 unspecified atom stereocenters. The van der Waals surface area contributed by atoms with Crippen LogP contribution in [0.1, 0.15) is 89.2 Å². The summed E-state index contributed by atoms with van der Waals surface area (Å²) in [6.45, 7) is 3.64. The number of carboxylic acids is 1. The van der Waals surface area contributed by atoms with Crippen LogP contribution in [0.15, 0.2) is 24.3 Å². The van der Waals surface area contributed by atoms with Gasteiger partial charge in [0.1, 0.15) is 0 Å². The number of carboxylic acid groups (broad SMARTS) is 1. The van der Waals surface area contributed by atoms with Gasteiger partial charge in [0, 0.05) is 0 Å². The van der Waals surface area contributed by atoms with E-state index >= 15 is 0 Å². The van der Waals surface area contributed by atoms with Crippen molar-refractivity contribution >= 4 is 5.97 Å². The molecule has 0 aromatic heterocycles. The van der Waals surface area contributed by atoms with Gasteiger partial charge in [0.25, 0.3) is 0 Å². The number of hydrogen-bond acceptors (Lipinski definition) is 1. The molecule has 0 saturated heterocycles. The lowest BCUT2D eigenvalue weighted by Gasteiger charge is -2.18. The predicted octanol–water partition coefficient (Wildman–Crippen LogP) is 6.41. The van der Waals surface area contributed by atoms with Gasteiger partial charge in [0.2, 0.25) is 0 Å². The van der Waals surface area contributed by atoms with Crippen LogP contribution >= 0.6 is 0 Å². The fourth-order valence-corrected chi connectivity index (χ4v) is 3.40. The molecule has 0 spiro atoms. The van der Waals surface area contributed by atoms with Gasteiger partial charge >= 0.3 is 5.97 Å². The maximum absolute atomic E-state index is 11.1. The van der Waals surface area contributed by atoms with E-state index in [1.807, 2.05) is 13.8 Å². The molecular formula is C23H36O2. The molecule has 0 radical (unpaired) electrons. The Labute approximate surface area is 154 Å². The Kier molecular flexibility index (Phi) is 7.99. The zero-order chi connectivity index (χ0) is 18.1. The molecule has 1 fully saturated rings. The zero-order valence-electron chi connectivity index (χ0n) is 16.2. The molecule has 1 N–H and O–H groups in total. The summed E-state index contributed by atoms with van der Waals surface area (Å²) in [4.78, 5) is 11.1. The molecule has 0 atom stereocenters. The van der Waals surface area contributed by atoms with Gasteiger partial charge in [0.15, 0.2) is 0 Å². The number of benzene rings is 1. The Bertz CT molecular complexity index is 511. The van der Waals surface area contributed by atoms with Crippen molar-refractivity contribution in [2.24, 2.45) is 11.3 Å². The third kappa shape index (κ3) is 8.07. The minimum atomic E-state index is -0.685. The molecule has 0 amide bonds. The maximum atomic E-state index is 11.1. The maximum Gasteiger partial charge on any atom is 0.309 e. The van der Waals surface area contributed by atoms with E-state index in [1.54, 1.807) is 0 Å². The number of carbonyl (C=O) groups is 1. The van der Waals surface area contributed by atoms with Crippen molar-refractivity contribution in [1.82, 2.24) is 0 Å². The summed E-state index contributed by atoms with van der Waals surface area (Å²) in [6, 6.07) is 9.15. The molecule has 2 rings (SSSR count). The van der Waals surface area contributed by atoms with Gasteiger partial charge in [-0.3, -0.25) is 4.79 Å². The molecule has 2 nitrogen and oxygen atoms in total. The summed E-state index contributed by atoms with van der Waals surface area (Å²) in [5.41, 5.74) is 2.30. The molecule has 0 bridgehead atoms. The molecule has 1 aromatic rings. The highest BCUT2D eigenvalue weighted by Gasteiger charge is 2.25. The van der Waals surface area contributed by atoms with Crippen molar-refractivity contribution in [1.29, 1.82) is 0 Å². The van der Waals surface area contributed by atoms with Crippen molar-refractivity contribution < 1.29 is 9.90 Å². The van der Waals surface area contributed by atoms with E-state index in [9.17, 15) is 4.79 Å². The standard InChI is InChI=1S/C23H36O2/c1-23(2,22(24)25)18-8-4-7-11-21-16-14-20(15-17-21)10-6-3-5-9-19-12-13-19/h14-17,19H,3-13,18H2,1-2H3,(H,24,25). The molecule has 1 aromatic carbocycles. The van der Waals surface area contributed by atoms with E-state index in [1.165, 1.54) is 56.1 Å². The molecular weight excluding hydrogens is 308 g/mol. The van der Waals surface area contributed by atoms with Crippen LogP contribution in [0.25, 0.3) is 0 Å². The van der Waals surface area contributed by atoms with E-state index in [0.29, 0.717) is 0 Å². The van der Waals surface area contributed by atoms with Gasteiger partial charge in [-0.05, 0) is 63.0 Å². The van der Waals surface area contributed by atoms with Gasteiger partial charge in [-0.1, -0.05) is 69.2 Å². The summed E-state index contributed by atoms with van der Waals surface area (Å²) in [5.74, 6) is 0.394. The Morgan fingerprint density at radius 2 is 1.44 bits per heavy atom. The fourth-order valence-electron chi connectivity index (χ4n) is 3.40. The molecule has 140 valence electrons. The predicted molar refractivity (Wildman–Crippen MR) is 105 cm³/mol. The van der Waals surface area contributed by atoms with Gasteiger partial charge in [-0.2, -0.15) is 0 Å². The topological polar surface area (TPSA) is 37.3 Å². The van der Waals surface area contributed by atoms with Crippen LogP contribution in [0.5, 0.6) is 0 Å². The highest BCUT2D eigenvalue weighted by atomic mass is 16.4. The minimum absolute atomic E-state index is 0.583. The fraction of sp³-hybridized carbons (Fsp3) is 0.696. The second-order valence-electron chi connectivity index (χ2n) is 8.61. The molecule has 25 heavy (non-hydrogen) atoms. The van der Waals surface area contributed by atoms with Crippen LogP contribution in [0, 0.1) is 11.3 Å². The number of hydrogen-bond donors (Lipinski definition) is 1. The average Bonchev–Trinajstić information content (AvgIpc) is 3.39. The first kappa shape index (κ1) is 20.0. The molecule has 2 heteroatoms. The summed E-state index contributed by atoms with van der Waals surface area (Å²) in [7, 11) is 0. The van der Waals surface area contributed by atoms with Gasteiger partial charge in [0.05, 0.1) is 5.41 Å². The smallest absolute Gasteiger partial charge is 0.309 e. The number of aliphatic carboxylic acids is 1. The lowest BCUT2D eigenvalue weighted by atomic mass is 9.87. The molecule has 0 aliphatic heterocycles. The Morgan fingerprint density at radius 3 is 1.92 bits per heavy atom. The van der Waals surface area contributed by atoms with Crippen LogP contribution in [0.3, 0.4) is 0 Å². The van der Waals surface area contributed by atoms with E-state index < -0.39 is 11.4 Å². The highest BCUT2D eigenvalue weighted by Crippen LogP contribution is 2.34. The molecule has 0 heterocycles. The Balaban J connectivity index is 1.54. The second kappa shape index (κ2) is 9.99. The van der Waals surface area contributed by atoms with Crippen LogP contribution in [-0.2, 0) is 17.6 Å².